The highest BCUT2D eigenvalue weighted by atomic mass is 16.3. The maximum Gasteiger partial charge on any atom is 0.330 e. The first-order chi connectivity index (χ1) is 12.1. The minimum atomic E-state index is -0.409. The summed E-state index contributed by atoms with van der Waals surface area (Å²) < 4.78 is 6.65. The summed E-state index contributed by atoms with van der Waals surface area (Å²) in [6, 6.07) is 3.48. The van der Waals surface area contributed by atoms with Gasteiger partial charge in [0.05, 0.1) is 12.3 Å². The van der Waals surface area contributed by atoms with Gasteiger partial charge in [-0.15, -0.1) is 0 Å². The van der Waals surface area contributed by atoms with Gasteiger partial charge in [-0.2, -0.15) is 4.98 Å². The van der Waals surface area contributed by atoms with Crippen molar-refractivity contribution in [2.45, 2.75) is 44.7 Å². The smallest absolute Gasteiger partial charge is 0.330 e. The van der Waals surface area contributed by atoms with E-state index in [1.54, 1.807) is 12.3 Å². The van der Waals surface area contributed by atoms with Gasteiger partial charge in [-0.25, -0.2) is 9.78 Å². The van der Waals surface area contributed by atoms with E-state index in [1.165, 1.54) is 10.8 Å². The number of H-pyrrole nitrogens is 1. The Morgan fingerprint density at radius 3 is 2.88 bits per heavy atom. The summed E-state index contributed by atoms with van der Waals surface area (Å²) in [6.07, 6.45) is 6.85. The second-order valence-electron chi connectivity index (χ2n) is 6.38. The molecule has 0 spiro atoms. The van der Waals surface area contributed by atoms with Gasteiger partial charge in [0.25, 0.3) is 5.56 Å². The molecule has 0 unspecified atom stereocenters. The number of anilines is 1. The van der Waals surface area contributed by atoms with Crippen LogP contribution in [0.15, 0.2) is 38.6 Å². The lowest BCUT2D eigenvalue weighted by molar-refractivity contribution is 0.482. The molecule has 3 aromatic rings. The normalized spacial score (nSPS) is 16.4. The summed E-state index contributed by atoms with van der Waals surface area (Å²) in [7, 11) is 0. The van der Waals surface area contributed by atoms with Gasteiger partial charge in [-0.3, -0.25) is 14.3 Å². The largest absolute Gasteiger partial charge is 0.467 e. The Bertz CT molecular complexity index is 999. The molecule has 4 rings (SSSR count). The number of nitrogens with one attached hydrogen (secondary N) is 2. The first kappa shape index (κ1) is 15.6. The molecule has 0 saturated heterocycles. The quantitative estimate of drug-likeness (QED) is 0.754. The van der Waals surface area contributed by atoms with Crippen LogP contribution in [0.2, 0.25) is 0 Å². The van der Waals surface area contributed by atoms with Gasteiger partial charge >= 0.3 is 5.69 Å². The van der Waals surface area contributed by atoms with Crippen molar-refractivity contribution in [1.29, 1.82) is 0 Å². The molecule has 3 aromatic heterocycles. The predicted molar refractivity (Wildman–Crippen MR) is 92.7 cm³/mol. The Kier molecular flexibility index (Phi) is 3.87. The average molecular weight is 341 g/mol. The van der Waals surface area contributed by atoms with E-state index in [2.05, 4.69) is 20.3 Å². The van der Waals surface area contributed by atoms with E-state index in [9.17, 15) is 9.59 Å². The molecule has 0 aliphatic heterocycles. The van der Waals surface area contributed by atoms with Crippen LogP contribution in [0.5, 0.6) is 0 Å². The van der Waals surface area contributed by atoms with Crippen molar-refractivity contribution in [3.63, 3.8) is 0 Å². The molecule has 3 heterocycles. The SMILES string of the molecule is C[C@@H](Nc1ncc2c(=O)n(C3CCCC3)c(=O)[nH]c2n1)c1ccco1. The van der Waals surface area contributed by atoms with Gasteiger partial charge < -0.3 is 9.73 Å². The standard InChI is InChI=1S/C17H19N5O3/c1-10(13-7-4-8-25-13)19-16-18-9-12-14(20-16)21-17(24)22(15(12)23)11-5-2-3-6-11/h4,7-11H,2-3,5-6H2,1H3,(H2,18,19,20,21,24)/t10-/m1/s1. The van der Waals surface area contributed by atoms with Crippen molar-refractivity contribution in [3.05, 3.63) is 51.2 Å². The van der Waals surface area contributed by atoms with Crippen molar-refractivity contribution in [2.24, 2.45) is 0 Å². The molecular weight excluding hydrogens is 322 g/mol. The molecule has 0 bridgehead atoms. The van der Waals surface area contributed by atoms with Gasteiger partial charge in [-0.05, 0) is 31.9 Å². The minimum absolute atomic E-state index is 0.0302. The van der Waals surface area contributed by atoms with E-state index in [0.717, 1.165) is 31.4 Å². The minimum Gasteiger partial charge on any atom is -0.467 e. The van der Waals surface area contributed by atoms with E-state index >= 15 is 0 Å². The van der Waals surface area contributed by atoms with Crippen LogP contribution in [0.1, 0.15) is 50.5 Å². The number of aromatic amines is 1. The number of furan rings is 1. The first-order valence-electron chi connectivity index (χ1n) is 8.45. The molecule has 0 radical (unpaired) electrons. The number of hydrogen-bond acceptors (Lipinski definition) is 6. The second-order valence-corrected chi connectivity index (χ2v) is 6.38. The maximum atomic E-state index is 12.7. The van der Waals surface area contributed by atoms with Crippen LogP contribution in [-0.2, 0) is 0 Å². The molecule has 1 fully saturated rings. The highest BCUT2D eigenvalue weighted by Gasteiger charge is 2.22. The lowest BCUT2D eigenvalue weighted by Crippen LogP contribution is -2.37. The highest BCUT2D eigenvalue weighted by Crippen LogP contribution is 2.27. The molecule has 0 amide bonds. The Labute approximate surface area is 142 Å². The summed E-state index contributed by atoms with van der Waals surface area (Å²) in [4.78, 5) is 36.3. The lowest BCUT2D eigenvalue weighted by Gasteiger charge is -2.14. The Morgan fingerprint density at radius 1 is 1.36 bits per heavy atom. The summed E-state index contributed by atoms with van der Waals surface area (Å²) in [5, 5.41) is 3.42. The van der Waals surface area contributed by atoms with E-state index in [-0.39, 0.29) is 23.3 Å². The monoisotopic (exact) mass is 341 g/mol. The molecule has 130 valence electrons. The molecule has 0 aromatic carbocycles. The van der Waals surface area contributed by atoms with Crippen LogP contribution < -0.4 is 16.6 Å². The number of fused-ring (bicyclic) bond motifs is 1. The fourth-order valence-corrected chi connectivity index (χ4v) is 3.38. The van der Waals surface area contributed by atoms with Crippen LogP contribution in [0.25, 0.3) is 11.0 Å². The van der Waals surface area contributed by atoms with Crippen LogP contribution >= 0.6 is 0 Å². The molecule has 1 saturated carbocycles. The second kappa shape index (κ2) is 6.19. The average Bonchev–Trinajstić information content (AvgIpc) is 3.28. The highest BCUT2D eigenvalue weighted by molar-refractivity contribution is 5.73. The zero-order valence-electron chi connectivity index (χ0n) is 13.9. The van der Waals surface area contributed by atoms with Crippen LogP contribution in [-0.4, -0.2) is 19.5 Å². The lowest BCUT2D eigenvalue weighted by atomic mass is 10.2. The third-order valence-electron chi connectivity index (χ3n) is 4.69. The molecule has 8 nitrogen and oxygen atoms in total. The van der Waals surface area contributed by atoms with E-state index in [0.29, 0.717) is 11.3 Å². The number of rotatable bonds is 4. The third kappa shape index (κ3) is 2.84. The number of aromatic nitrogens is 4. The molecular formula is C17H19N5O3. The van der Waals surface area contributed by atoms with Gasteiger partial charge in [0.2, 0.25) is 5.95 Å². The van der Waals surface area contributed by atoms with Crippen molar-refractivity contribution in [2.75, 3.05) is 5.32 Å². The fraction of sp³-hybridized carbons (Fsp3) is 0.412. The van der Waals surface area contributed by atoms with E-state index < -0.39 is 5.69 Å². The molecule has 25 heavy (non-hydrogen) atoms. The van der Waals surface area contributed by atoms with E-state index in [1.807, 2.05) is 13.0 Å². The van der Waals surface area contributed by atoms with Gasteiger partial charge in [0, 0.05) is 12.2 Å². The number of hydrogen-bond donors (Lipinski definition) is 2. The Hall–Kier alpha value is -2.90. The predicted octanol–water partition coefficient (Wildman–Crippen LogP) is 2.36. The van der Waals surface area contributed by atoms with Crippen molar-refractivity contribution >= 4 is 17.0 Å². The molecule has 1 atom stereocenters. The molecule has 1 aliphatic carbocycles. The summed E-state index contributed by atoms with van der Waals surface area (Å²) in [6.45, 7) is 1.91. The van der Waals surface area contributed by atoms with Crippen LogP contribution in [0.4, 0.5) is 5.95 Å². The summed E-state index contributed by atoms with van der Waals surface area (Å²) >= 11 is 0. The van der Waals surface area contributed by atoms with Crippen molar-refractivity contribution in [3.8, 4) is 0 Å². The molecule has 2 N–H and O–H groups in total. The number of nitrogens with zero attached hydrogens (tertiary/aromatic N) is 3. The first-order valence-corrected chi connectivity index (χ1v) is 8.45. The third-order valence-corrected chi connectivity index (χ3v) is 4.69. The molecule has 1 aliphatic rings. The zero-order valence-corrected chi connectivity index (χ0v) is 13.9. The maximum absolute atomic E-state index is 12.7. The van der Waals surface area contributed by atoms with Crippen LogP contribution in [0.3, 0.4) is 0 Å². The van der Waals surface area contributed by atoms with E-state index in [4.69, 9.17) is 4.42 Å². The van der Waals surface area contributed by atoms with Crippen LogP contribution in [0, 0.1) is 0 Å². The Balaban J connectivity index is 1.71. The Morgan fingerprint density at radius 2 is 2.16 bits per heavy atom. The van der Waals surface area contributed by atoms with Gasteiger partial charge in [0.15, 0.2) is 5.65 Å². The van der Waals surface area contributed by atoms with Crippen molar-refractivity contribution < 1.29 is 4.42 Å². The summed E-state index contributed by atoms with van der Waals surface area (Å²) in [5.74, 6) is 1.07. The fourth-order valence-electron chi connectivity index (χ4n) is 3.38. The molecule has 8 heteroatoms. The zero-order chi connectivity index (χ0) is 17.4. The van der Waals surface area contributed by atoms with Crippen molar-refractivity contribution in [1.82, 2.24) is 19.5 Å². The van der Waals surface area contributed by atoms with Gasteiger partial charge in [-0.1, -0.05) is 12.8 Å². The summed E-state index contributed by atoms with van der Waals surface area (Å²) in [5.41, 5.74) is -0.488. The topological polar surface area (TPSA) is 106 Å². The van der Waals surface area contributed by atoms with Gasteiger partial charge in [0.1, 0.15) is 11.1 Å².